The van der Waals surface area contributed by atoms with Crippen LogP contribution in [0.5, 0.6) is 11.5 Å². The molecule has 0 fully saturated rings. The Morgan fingerprint density at radius 2 is 1.87 bits per heavy atom. The summed E-state index contributed by atoms with van der Waals surface area (Å²) in [5.74, 6) is 2.10. The van der Waals surface area contributed by atoms with Crippen molar-refractivity contribution < 1.29 is 9.47 Å². The predicted octanol–water partition coefficient (Wildman–Crippen LogP) is 1.60. The lowest BCUT2D eigenvalue weighted by Crippen LogP contribution is -1.98. The Morgan fingerprint density at radius 3 is 2.65 bits per heavy atom. The first-order valence-corrected chi connectivity index (χ1v) is 7.03. The number of aromatic nitrogens is 6. The molecule has 1 aromatic carbocycles. The van der Waals surface area contributed by atoms with Crippen molar-refractivity contribution in [1.29, 1.82) is 0 Å². The Bertz CT molecular complexity index is 973. The van der Waals surface area contributed by atoms with E-state index in [1.165, 1.54) is 0 Å². The molecule has 0 radical (unpaired) electrons. The van der Waals surface area contributed by atoms with Crippen molar-refractivity contribution in [3.05, 3.63) is 42.6 Å². The molecule has 0 unspecified atom stereocenters. The number of ether oxygens (including phenoxy) is 2. The number of hydrogen-bond donors (Lipinski definition) is 0. The summed E-state index contributed by atoms with van der Waals surface area (Å²) in [6, 6.07) is 7.37. The van der Waals surface area contributed by atoms with E-state index < -0.39 is 0 Å². The van der Waals surface area contributed by atoms with Gasteiger partial charge in [0.05, 0.1) is 18.7 Å². The van der Waals surface area contributed by atoms with E-state index in [1.807, 2.05) is 31.3 Å². The Morgan fingerprint density at radius 1 is 1.09 bits per heavy atom. The summed E-state index contributed by atoms with van der Waals surface area (Å²) in [5.41, 5.74) is 1.49. The van der Waals surface area contributed by atoms with Crippen molar-refractivity contribution in [1.82, 2.24) is 29.4 Å². The number of rotatable bonds is 4. The maximum atomic E-state index is 5.70. The van der Waals surface area contributed by atoms with Crippen LogP contribution in [0.15, 0.2) is 36.8 Å². The first-order chi connectivity index (χ1) is 11.2. The second-order valence-corrected chi connectivity index (χ2v) is 5.01. The topological polar surface area (TPSA) is 79.4 Å². The van der Waals surface area contributed by atoms with E-state index in [9.17, 15) is 0 Å². The molecule has 0 bridgehead atoms. The van der Waals surface area contributed by atoms with Gasteiger partial charge < -0.3 is 9.47 Å². The molecule has 116 valence electrons. The molecule has 0 aliphatic heterocycles. The number of fused-ring (bicyclic) bond motifs is 3. The van der Waals surface area contributed by atoms with Gasteiger partial charge in [-0.25, -0.2) is 14.5 Å². The van der Waals surface area contributed by atoms with Crippen molar-refractivity contribution in [2.75, 3.05) is 7.11 Å². The quantitative estimate of drug-likeness (QED) is 0.569. The third-order valence-corrected chi connectivity index (χ3v) is 3.54. The zero-order chi connectivity index (χ0) is 15.8. The van der Waals surface area contributed by atoms with Crippen LogP contribution in [0.4, 0.5) is 0 Å². The molecule has 3 heterocycles. The maximum absolute atomic E-state index is 5.70. The molecule has 0 N–H and O–H groups in total. The van der Waals surface area contributed by atoms with Crippen LogP contribution < -0.4 is 9.47 Å². The number of methoxy groups -OCH3 is 1. The lowest BCUT2D eigenvalue weighted by Gasteiger charge is -2.04. The highest BCUT2D eigenvalue weighted by atomic mass is 16.5. The van der Waals surface area contributed by atoms with Crippen LogP contribution in [0.2, 0.25) is 0 Å². The van der Waals surface area contributed by atoms with Crippen molar-refractivity contribution in [2.24, 2.45) is 7.05 Å². The summed E-state index contributed by atoms with van der Waals surface area (Å²) in [6.07, 6.45) is 3.36. The molecule has 0 aliphatic rings. The van der Waals surface area contributed by atoms with E-state index in [0.717, 1.165) is 28.2 Å². The van der Waals surface area contributed by atoms with Gasteiger partial charge in [-0.05, 0) is 24.3 Å². The third kappa shape index (κ3) is 2.33. The zero-order valence-corrected chi connectivity index (χ0v) is 12.7. The molecule has 3 aromatic heterocycles. The van der Waals surface area contributed by atoms with Crippen LogP contribution in [0, 0.1) is 0 Å². The number of benzene rings is 1. The summed E-state index contributed by atoms with van der Waals surface area (Å²) >= 11 is 0. The molecule has 0 atom stereocenters. The SMILES string of the molecule is COc1ccc(OCc2nc3c4cnn(C)c4ncn3n2)cc1. The number of hydrogen-bond acceptors (Lipinski definition) is 6. The van der Waals surface area contributed by atoms with Gasteiger partial charge in [-0.1, -0.05) is 0 Å². The summed E-state index contributed by atoms with van der Waals surface area (Å²) in [6.45, 7) is 0.274. The molecule has 0 aliphatic carbocycles. The second kappa shape index (κ2) is 5.24. The molecular weight excluding hydrogens is 296 g/mol. The van der Waals surface area contributed by atoms with E-state index >= 15 is 0 Å². The van der Waals surface area contributed by atoms with Gasteiger partial charge in [0.15, 0.2) is 17.1 Å². The Labute approximate surface area is 131 Å². The minimum absolute atomic E-state index is 0.274. The molecule has 0 saturated heterocycles. The Kier molecular flexibility index (Phi) is 3.07. The lowest BCUT2D eigenvalue weighted by atomic mass is 10.3. The monoisotopic (exact) mass is 310 g/mol. The van der Waals surface area contributed by atoms with Crippen LogP contribution in [-0.2, 0) is 13.7 Å². The van der Waals surface area contributed by atoms with Crippen LogP contribution in [0.25, 0.3) is 16.7 Å². The van der Waals surface area contributed by atoms with Gasteiger partial charge >= 0.3 is 0 Å². The summed E-state index contributed by atoms with van der Waals surface area (Å²) < 4.78 is 14.2. The van der Waals surface area contributed by atoms with Gasteiger partial charge in [0.1, 0.15) is 24.4 Å². The molecule has 0 amide bonds. The maximum Gasteiger partial charge on any atom is 0.189 e. The van der Waals surface area contributed by atoms with Crippen LogP contribution >= 0.6 is 0 Å². The molecule has 4 aromatic rings. The molecule has 8 heteroatoms. The van der Waals surface area contributed by atoms with E-state index in [2.05, 4.69) is 20.2 Å². The molecule has 4 rings (SSSR count). The highest BCUT2D eigenvalue weighted by Crippen LogP contribution is 2.19. The van der Waals surface area contributed by atoms with Gasteiger partial charge in [0.25, 0.3) is 0 Å². The van der Waals surface area contributed by atoms with Gasteiger partial charge in [0, 0.05) is 7.05 Å². The molecule has 0 saturated carbocycles. The van der Waals surface area contributed by atoms with Gasteiger partial charge in [-0.15, -0.1) is 5.10 Å². The van der Waals surface area contributed by atoms with E-state index in [-0.39, 0.29) is 6.61 Å². The molecule has 8 nitrogen and oxygen atoms in total. The Balaban J connectivity index is 1.60. The first-order valence-electron chi connectivity index (χ1n) is 7.03. The predicted molar refractivity (Wildman–Crippen MR) is 82.4 cm³/mol. The fourth-order valence-corrected chi connectivity index (χ4v) is 2.36. The Hall–Kier alpha value is -3.16. The number of aryl methyl sites for hydroxylation is 1. The van der Waals surface area contributed by atoms with Gasteiger partial charge in [0.2, 0.25) is 0 Å². The molecule has 23 heavy (non-hydrogen) atoms. The molecular formula is C15H14N6O2. The third-order valence-electron chi connectivity index (χ3n) is 3.54. The standard InChI is InChI=1S/C15H14N6O2/c1-20-14-12(7-17-20)15-18-13(19-21(15)9-16-14)8-23-11-5-3-10(22-2)4-6-11/h3-7,9H,8H2,1-2H3. The number of nitrogens with zero attached hydrogens (tertiary/aromatic N) is 6. The molecule has 0 spiro atoms. The van der Waals surface area contributed by atoms with E-state index in [4.69, 9.17) is 9.47 Å². The first kappa shape index (κ1) is 13.5. The summed E-state index contributed by atoms with van der Waals surface area (Å²) in [4.78, 5) is 8.84. The lowest BCUT2D eigenvalue weighted by molar-refractivity contribution is 0.295. The summed E-state index contributed by atoms with van der Waals surface area (Å²) in [5, 5.41) is 9.43. The highest BCUT2D eigenvalue weighted by Gasteiger charge is 2.11. The van der Waals surface area contributed by atoms with Crippen molar-refractivity contribution in [3.8, 4) is 11.5 Å². The fraction of sp³-hybridized carbons (Fsp3) is 0.200. The average molecular weight is 310 g/mol. The van der Waals surface area contributed by atoms with Crippen LogP contribution in [0.1, 0.15) is 5.82 Å². The largest absolute Gasteiger partial charge is 0.497 e. The normalized spacial score (nSPS) is 11.2. The second-order valence-electron chi connectivity index (χ2n) is 5.01. The van der Waals surface area contributed by atoms with Crippen molar-refractivity contribution in [2.45, 2.75) is 6.61 Å². The average Bonchev–Trinajstić information content (AvgIpc) is 3.16. The van der Waals surface area contributed by atoms with Crippen molar-refractivity contribution >= 4 is 16.7 Å². The van der Waals surface area contributed by atoms with E-state index in [1.54, 1.807) is 28.8 Å². The van der Waals surface area contributed by atoms with Gasteiger partial charge in [-0.3, -0.25) is 4.68 Å². The van der Waals surface area contributed by atoms with E-state index in [0.29, 0.717) is 5.82 Å². The van der Waals surface area contributed by atoms with Crippen LogP contribution in [-0.4, -0.2) is 36.5 Å². The minimum Gasteiger partial charge on any atom is -0.497 e. The summed E-state index contributed by atoms with van der Waals surface area (Å²) in [7, 11) is 3.47. The minimum atomic E-state index is 0.274. The van der Waals surface area contributed by atoms with Crippen LogP contribution in [0.3, 0.4) is 0 Å². The highest BCUT2D eigenvalue weighted by molar-refractivity contribution is 5.88. The smallest absolute Gasteiger partial charge is 0.189 e. The zero-order valence-electron chi connectivity index (χ0n) is 12.7. The fourth-order valence-electron chi connectivity index (χ4n) is 2.36. The van der Waals surface area contributed by atoms with Crippen molar-refractivity contribution in [3.63, 3.8) is 0 Å². The van der Waals surface area contributed by atoms with Gasteiger partial charge in [-0.2, -0.15) is 5.10 Å².